The van der Waals surface area contributed by atoms with Gasteiger partial charge >= 0.3 is 0 Å². The first-order valence-corrected chi connectivity index (χ1v) is 9.22. The maximum atomic E-state index is 12.3. The fourth-order valence-corrected chi connectivity index (χ4v) is 3.69. The summed E-state index contributed by atoms with van der Waals surface area (Å²) in [7, 11) is 0. The lowest BCUT2D eigenvalue weighted by molar-refractivity contribution is 0.0938. The van der Waals surface area contributed by atoms with Crippen molar-refractivity contribution >= 4 is 5.91 Å². The van der Waals surface area contributed by atoms with Crippen molar-refractivity contribution in [2.24, 2.45) is 5.92 Å². The van der Waals surface area contributed by atoms with Gasteiger partial charge in [-0.15, -0.1) is 0 Å². The second-order valence-electron chi connectivity index (χ2n) is 7.46. The van der Waals surface area contributed by atoms with Crippen LogP contribution in [0.2, 0.25) is 0 Å². The number of rotatable bonds is 6. The molecule has 1 aromatic carbocycles. The number of nitrogens with one attached hydrogen (secondary N) is 1. The van der Waals surface area contributed by atoms with E-state index in [0.717, 1.165) is 38.1 Å². The van der Waals surface area contributed by atoms with E-state index in [2.05, 4.69) is 46.6 Å². The molecule has 1 aliphatic carbocycles. The average Bonchev–Trinajstić information content (AvgIpc) is 3.25. The normalized spacial score (nSPS) is 23.7. The van der Waals surface area contributed by atoms with Crippen molar-refractivity contribution in [2.45, 2.75) is 44.7 Å². The van der Waals surface area contributed by atoms with E-state index < -0.39 is 0 Å². The Kier molecular flexibility index (Phi) is 4.57. The molecule has 2 aromatic rings. The van der Waals surface area contributed by atoms with Crippen molar-refractivity contribution in [3.63, 3.8) is 0 Å². The fourth-order valence-electron chi connectivity index (χ4n) is 3.69. The summed E-state index contributed by atoms with van der Waals surface area (Å²) in [5, 5.41) is 6.94. The third kappa shape index (κ3) is 3.93. The lowest BCUT2D eigenvalue weighted by Crippen LogP contribution is -2.31. The maximum absolute atomic E-state index is 12.3. The quantitative estimate of drug-likeness (QED) is 0.878. The number of aromatic nitrogens is 1. The number of amides is 1. The van der Waals surface area contributed by atoms with Crippen molar-refractivity contribution in [3.05, 3.63) is 53.4 Å². The van der Waals surface area contributed by atoms with Crippen molar-refractivity contribution in [1.82, 2.24) is 15.4 Å². The first-order chi connectivity index (χ1) is 12.2. The number of carbonyl (C=O) groups is 1. The Morgan fingerprint density at radius 1 is 1.32 bits per heavy atom. The van der Waals surface area contributed by atoms with Crippen molar-refractivity contribution in [3.8, 4) is 0 Å². The van der Waals surface area contributed by atoms with Gasteiger partial charge in [0.2, 0.25) is 0 Å². The molecule has 1 amide bonds. The molecule has 1 saturated carbocycles. The number of likely N-dealkylation sites (tertiary alicyclic amines) is 1. The number of benzene rings is 1. The van der Waals surface area contributed by atoms with Crippen LogP contribution in [0.25, 0.3) is 0 Å². The molecule has 0 bridgehead atoms. The van der Waals surface area contributed by atoms with Crippen molar-refractivity contribution in [1.29, 1.82) is 0 Å². The molecule has 132 valence electrons. The predicted molar refractivity (Wildman–Crippen MR) is 95.2 cm³/mol. The monoisotopic (exact) mass is 339 g/mol. The number of carbonyl (C=O) groups excluding carboxylic acids is 1. The van der Waals surface area contributed by atoms with E-state index in [1.807, 2.05) is 6.07 Å². The van der Waals surface area contributed by atoms with Crippen LogP contribution >= 0.6 is 0 Å². The van der Waals surface area contributed by atoms with Crippen LogP contribution in [-0.4, -0.2) is 35.1 Å². The molecule has 2 heterocycles. The van der Waals surface area contributed by atoms with Crippen LogP contribution in [0, 0.1) is 5.92 Å². The van der Waals surface area contributed by atoms with Gasteiger partial charge in [0, 0.05) is 37.7 Å². The van der Waals surface area contributed by atoms with Crippen molar-refractivity contribution < 1.29 is 9.32 Å². The molecule has 0 radical (unpaired) electrons. The smallest absolute Gasteiger partial charge is 0.273 e. The van der Waals surface area contributed by atoms with Crippen LogP contribution in [0.5, 0.6) is 0 Å². The highest BCUT2D eigenvalue weighted by Crippen LogP contribution is 2.40. The SMILES string of the molecule is CC1CC(CNC(=O)c2cc(C3CC3)on2)CN1Cc1ccccc1. The van der Waals surface area contributed by atoms with Gasteiger partial charge in [-0.25, -0.2) is 0 Å². The molecule has 25 heavy (non-hydrogen) atoms. The van der Waals surface area contributed by atoms with E-state index >= 15 is 0 Å². The molecule has 1 saturated heterocycles. The van der Waals surface area contributed by atoms with Crippen LogP contribution in [0.15, 0.2) is 40.9 Å². The summed E-state index contributed by atoms with van der Waals surface area (Å²) >= 11 is 0. The van der Waals surface area contributed by atoms with E-state index in [9.17, 15) is 4.79 Å². The van der Waals surface area contributed by atoms with Gasteiger partial charge in [0.05, 0.1) is 0 Å². The lowest BCUT2D eigenvalue weighted by atomic mass is 10.1. The highest BCUT2D eigenvalue weighted by Gasteiger charge is 2.31. The van der Waals surface area contributed by atoms with Crippen LogP contribution in [0.3, 0.4) is 0 Å². The van der Waals surface area contributed by atoms with E-state index in [1.54, 1.807) is 6.07 Å². The molecule has 5 nitrogen and oxygen atoms in total. The minimum Gasteiger partial charge on any atom is -0.360 e. The van der Waals surface area contributed by atoms with Crippen LogP contribution in [-0.2, 0) is 6.54 Å². The summed E-state index contributed by atoms with van der Waals surface area (Å²) in [6.45, 7) is 4.95. The van der Waals surface area contributed by atoms with Gasteiger partial charge in [0.1, 0.15) is 5.76 Å². The molecular formula is C20H25N3O2. The number of hydrogen-bond acceptors (Lipinski definition) is 4. The highest BCUT2D eigenvalue weighted by atomic mass is 16.5. The Hall–Kier alpha value is -2.14. The molecule has 4 rings (SSSR count). The van der Waals surface area contributed by atoms with Gasteiger partial charge in [-0.05, 0) is 37.7 Å². The Balaban J connectivity index is 1.27. The number of nitrogens with zero attached hydrogens (tertiary/aromatic N) is 2. The van der Waals surface area contributed by atoms with Gasteiger partial charge in [0.25, 0.3) is 5.91 Å². The van der Waals surface area contributed by atoms with E-state index in [-0.39, 0.29) is 5.91 Å². The number of hydrogen-bond donors (Lipinski definition) is 1. The van der Waals surface area contributed by atoms with Gasteiger partial charge in [-0.3, -0.25) is 9.69 Å². The summed E-state index contributed by atoms with van der Waals surface area (Å²) in [5.74, 6) is 1.70. The third-order valence-corrected chi connectivity index (χ3v) is 5.31. The van der Waals surface area contributed by atoms with Crippen LogP contribution in [0.4, 0.5) is 0 Å². The molecule has 1 N–H and O–H groups in total. The standard InChI is InChI=1S/C20H25N3O2/c1-14-9-16(13-23(14)12-15-5-3-2-4-6-15)11-21-20(24)18-10-19(25-22-18)17-7-8-17/h2-6,10,14,16-17H,7-9,11-13H2,1H3,(H,21,24). The first-order valence-electron chi connectivity index (χ1n) is 9.22. The Morgan fingerprint density at radius 2 is 2.12 bits per heavy atom. The van der Waals surface area contributed by atoms with Gasteiger partial charge < -0.3 is 9.84 Å². The van der Waals surface area contributed by atoms with E-state index in [1.165, 1.54) is 5.56 Å². The summed E-state index contributed by atoms with van der Waals surface area (Å²) in [6.07, 6.45) is 3.40. The predicted octanol–water partition coefficient (Wildman–Crippen LogP) is 3.19. The van der Waals surface area contributed by atoms with E-state index in [4.69, 9.17) is 4.52 Å². The van der Waals surface area contributed by atoms with E-state index in [0.29, 0.717) is 30.1 Å². The molecular weight excluding hydrogens is 314 g/mol. The molecule has 2 aliphatic rings. The van der Waals surface area contributed by atoms with Crippen LogP contribution < -0.4 is 5.32 Å². The molecule has 0 spiro atoms. The summed E-state index contributed by atoms with van der Waals surface area (Å²) in [4.78, 5) is 14.8. The summed E-state index contributed by atoms with van der Waals surface area (Å²) < 4.78 is 5.26. The Bertz CT molecular complexity index is 724. The minimum atomic E-state index is -0.121. The highest BCUT2D eigenvalue weighted by molar-refractivity contribution is 5.92. The second-order valence-corrected chi connectivity index (χ2v) is 7.46. The van der Waals surface area contributed by atoms with Crippen molar-refractivity contribution in [2.75, 3.05) is 13.1 Å². The zero-order valence-corrected chi connectivity index (χ0v) is 14.6. The summed E-state index contributed by atoms with van der Waals surface area (Å²) in [6, 6.07) is 12.9. The van der Waals surface area contributed by atoms with Gasteiger partial charge in [-0.2, -0.15) is 0 Å². The molecule has 2 atom stereocenters. The van der Waals surface area contributed by atoms with Crippen LogP contribution in [0.1, 0.15) is 53.9 Å². The molecule has 1 aromatic heterocycles. The zero-order chi connectivity index (χ0) is 17.2. The van der Waals surface area contributed by atoms with Gasteiger partial charge in [-0.1, -0.05) is 35.5 Å². The minimum absolute atomic E-state index is 0.121. The lowest BCUT2D eigenvalue weighted by Gasteiger charge is -2.21. The topological polar surface area (TPSA) is 58.4 Å². The Labute approximate surface area is 148 Å². The maximum Gasteiger partial charge on any atom is 0.273 e. The molecule has 2 unspecified atom stereocenters. The Morgan fingerprint density at radius 3 is 2.88 bits per heavy atom. The molecule has 2 fully saturated rings. The zero-order valence-electron chi connectivity index (χ0n) is 14.6. The fraction of sp³-hybridized carbons (Fsp3) is 0.500. The molecule has 1 aliphatic heterocycles. The average molecular weight is 339 g/mol. The largest absolute Gasteiger partial charge is 0.360 e. The first kappa shape index (κ1) is 16.3. The molecule has 5 heteroatoms. The third-order valence-electron chi connectivity index (χ3n) is 5.31. The van der Waals surface area contributed by atoms with Gasteiger partial charge in [0.15, 0.2) is 5.69 Å². The second kappa shape index (κ2) is 7.00. The summed E-state index contributed by atoms with van der Waals surface area (Å²) in [5.41, 5.74) is 1.75.